The number of aryl methyl sites for hydroxylation is 1. The van der Waals surface area contributed by atoms with Crippen molar-refractivity contribution in [2.75, 3.05) is 18.0 Å². The van der Waals surface area contributed by atoms with Crippen LogP contribution in [0, 0.1) is 6.92 Å². The Morgan fingerprint density at radius 1 is 1.15 bits per heavy atom. The second kappa shape index (κ2) is 6.78. The first-order valence-electron chi connectivity index (χ1n) is 6.86. The molecule has 0 fully saturated rings. The van der Waals surface area contributed by atoms with Crippen LogP contribution in [0.4, 0.5) is 5.69 Å². The molecule has 0 bridgehead atoms. The number of hydrogen-bond acceptors (Lipinski definition) is 2. The van der Waals surface area contributed by atoms with Crippen molar-refractivity contribution in [1.29, 1.82) is 0 Å². The maximum atomic E-state index is 10.4. The molecule has 0 aliphatic heterocycles. The van der Waals surface area contributed by atoms with Gasteiger partial charge in [-0.25, -0.2) is 0 Å². The van der Waals surface area contributed by atoms with Crippen LogP contribution in [0.15, 0.2) is 48.5 Å². The number of aliphatic hydroxyl groups is 1. The molecule has 0 aliphatic carbocycles. The van der Waals surface area contributed by atoms with Gasteiger partial charge in [0.1, 0.15) is 0 Å². The lowest BCUT2D eigenvalue weighted by molar-refractivity contribution is 0.183. The third-order valence-corrected chi connectivity index (χ3v) is 3.89. The molecule has 2 aromatic rings. The lowest BCUT2D eigenvalue weighted by atomic mass is 10.1. The molecular weight excluding hydrogens is 270 g/mol. The van der Waals surface area contributed by atoms with Crippen LogP contribution in [0.25, 0.3) is 0 Å². The smallest absolute Gasteiger partial charge is 0.0964 e. The van der Waals surface area contributed by atoms with Gasteiger partial charge in [-0.3, -0.25) is 0 Å². The van der Waals surface area contributed by atoms with Gasteiger partial charge < -0.3 is 10.0 Å². The van der Waals surface area contributed by atoms with Gasteiger partial charge in [-0.2, -0.15) is 0 Å². The zero-order valence-electron chi connectivity index (χ0n) is 11.9. The fraction of sp³-hybridized carbons (Fsp3) is 0.294. The van der Waals surface area contributed by atoms with Crippen molar-refractivity contribution in [2.24, 2.45) is 0 Å². The van der Waals surface area contributed by atoms with E-state index in [4.69, 9.17) is 11.6 Å². The van der Waals surface area contributed by atoms with Crippen molar-refractivity contribution < 1.29 is 5.11 Å². The van der Waals surface area contributed by atoms with E-state index in [0.29, 0.717) is 6.54 Å². The Bertz CT molecular complexity index is 556. The third kappa shape index (κ3) is 3.53. The molecule has 0 aromatic heterocycles. The van der Waals surface area contributed by atoms with Crippen molar-refractivity contribution in [1.82, 2.24) is 0 Å². The third-order valence-electron chi connectivity index (χ3n) is 3.46. The lowest BCUT2D eigenvalue weighted by Crippen LogP contribution is -2.28. The molecule has 0 saturated carbocycles. The summed E-state index contributed by atoms with van der Waals surface area (Å²) in [6, 6.07) is 15.8. The van der Waals surface area contributed by atoms with E-state index >= 15 is 0 Å². The van der Waals surface area contributed by atoms with E-state index in [1.54, 1.807) is 0 Å². The van der Waals surface area contributed by atoms with Gasteiger partial charge in [0.2, 0.25) is 0 Å². The highest BCUT2D eigenvalue weighted by atomic mass is 35.5. The summed E-state index contributed by atoms with van der Waals surface area (Å²) in [5, 5.41) is 11.1. The van der Waals surface area contributed by atoms with Crippen molar-refractivity contribution in [3.05, 3.63) is 64.7 Å². The highest BCUT2D eigenvalue weighted by Crippen LogP contribution is 2.23. The van der Waals surface area contributed by atoms with Gasteiger partial charge in [0.05, 0.1) is 6.10 Å². The summed E-state index contributed by atoms with van der Waals surface area (Å²) in [6.45, 7) is 5.47. The minimum Gasteiger partial charge on any atom is -0.387 e. The Morgan fingerprint density at radius 2 is 1.85 bits per heavy atom. The quantitative estimate of drug-likeness (QED) is 0.891. The molecule has 1 atom stereocenters. The normalized spacial score (nSPS) is 12.2. The van der Waals surface area contributed by atoms with Crippen molar-refractivity contribution in [2.45, 2.75) is 20.0 Å². The second-order valence-electron chi connectivity index (χ2n) is 4.90. The SMILES string of the molecule is CCN(CC(O)c1ccc(Cl)c(C)c1)c1ccccc1. The zero-order chi connectivity index (χ0) is 14.5. The van der Waals surface area contributed by atoms with E-state index in [-0.39, 0.29) is 0 Å². The zero-order valence-corrected chi connectivity index (χ0v) is 12.6. The van der Waals surface area contributed by atoms with Crippen LogP contribution >= 0.6 is 11.6 Å². The Labute approximate surface area is 125 Å². The van der Waals surface area contributed by atoms with E-state index in [1.165, 1.54) is 0 Å². The number of nitrogens with zero attached hydrogens (tertiary/aromatic N) is 1. The van der Waals surface area contributed by atoms with Crippen molar-refractivity contribution in [3.63, 3.8) is 0 Å². The van der Waals surface area contributed by atoms with Crippen LogP contribution in [0.2, 0.25) is 5.02 Å². The molecule has 0 saturated heterocycles. The number of halogens is 1. The molecule has 1 N–H and O–H groups in total. The monoisotopic (exact) mass is 289 g/mol. The summed E-state index contributed by atoms with van der Waals surface area (Å²) in [6.07, 6.45) is -0.522. The number of likely N-dealkylation sites (N-methyl/N-ethyl adjacent to an activating group) is 1. The number of anilines is 1. The molecule has 106 valence electrons. The minimum atomic E-state index is -0.522. The summed E-state index contributed by atoms with van der Waals surface area (Å²) >= 11 is 6.02. The van der Waals surface area contributed by atoms with Gasteiger partial charge in [0.25, 0.3) is 0 Å². The number of para-hydroxylation sites is 1. The summed E-state index contributed by atoms with van der Waals surface area (Å²) < 4.78 is 0. The molecular formula is C17H20ClNO. The van der Waals surface area contributed by atoms with E-state index in [1.807, 2.05) is 43.3 Å². The van der Waals surface area contributed by atoms with Crippen LogP contribution in [0.5, 0.6) is 0 Å². The molecule has 3 heteroatoms. The molecule has 0 heterocycles. The molecule has 2 aromatic carbocycles. The molecule has 20 heavy (non-hydrogen) atoms. The minimum absolute atomic E-state index is 0.522. The number of hydrogen-bond donors (Lipinski definition) is 1. The van der Waals surface area contributed by atoms with Gasteiger partial charge in [-0.15, -0.1) is 0 Å². The maximum Gasteiger partial charge on any atom is 0.0964 e. The highest BCUT2D eigenvalue weighted by Gasteiger charge is 2.13. The van der Waals surface area contributed by atoms with E-state index in [9.17, 15) is 5.11 Å². The molecule has 2 rings (SSSR count). The van der Waals surface area contributed by atoms with E-state index in [2.05, 4.69) is 24.0 Å². The highest BCUT2D eigenvalue weighted by molar-refractivity contribution is 6.31. The van der Waals surface area contributed by atoms with Gasteiger partial charge in [-0.05, 0) is 43.2 Å². The Balaban J connectivity index is 2.13. The standard InChI is InChI=1S/C17H20ClNO/c1-3-19(15-7-5-4-6-8-15)12-17(20)14-9-10-16(18)13(2)11-14/h4-11,17,20H,3,12H2,1-2H3. The molecule has 0 amide bonds. The fourth-order valence-corrected chi connectivity index (χ4v) is 2.36. The Kier molecular flexibility index (Phi) is 5.05. The Morgan fingerprint density at radius 3 is 2.45 bits per heavy atom. The van der Waals surface area contributed by atoms with Crippen LogP contribution < -0.4 is 4.90 Å². The summed E-state index contributed by atoms with van der Waals surface area (Å²) in [5.41, 5.74) is 3.02. The average molecular weight is 290 g/mol. The largest absolute Gasteiger partial charge is 0.387 e. The van der Waals surface area contributed by atoms with Crippen LogP contribution in [-0.4, -0.2) is 18.2 Å². The summed E-state index contributed by atoms with van der Waals surface area (Å²) in [5.74, 6) is 0. The van der Waals surface area contributed by atoms with Gasteiger partial charge in [0.15, 0.2) is 0 Å². The average Bonchev–Trinajstić information content (AvgIpc) is 2.48. The van der Waals surface area contributed by atoms with Gasteiger partial charge in [-0.1, -0.05) is 41.9 Å². The lowest BCUT2D eigenvalue weighted by Gasteiger charge is -2.26. The summed E-state index contributed by atoms with van der Waals surface area (Å²) in [4.78, 5) is 2.16. The first-order valence-corrected chi connectivity index (χ1v) is 7.23. The van der Waals surface area contributed by atoms with Gasteiger partial charge >= 0.3 is 0 Å². The Hall–Kier alpha value is -1.51. The first kappa shape index (κ1) is 14.9. The van der Waals surface area contributed by atoms with Crippen molar-refractivity contribution >= 4 is 17.3 Å². The first-order chi connectivity index (χ1) is 9.61. The van der Waals surface area contributed by atoms with Crippen molar-refractivity contribution in [3.8, 4) is 0 Å². The van der Waals surface area contributed by atoms with Crippen LogP contribution in [0.3, 0.4) is 0 Å². The van der Waals surface area contributed by atoms with E-state index in [0.717, 1.165) is 28.4 Å². The predicted octanol–water partition coefficient (Wildman–Crippen LogP) is 4.21. The predicted molar refractivity (Wildman–Crippen MR) is 85.5 cm³/mol. The van der Waals surface area contributed by atoms with Crippen LogP contribution in [-0.2, 0) is 0 Å². The van der Waals surface area contributed by atoms with Crippen LogP contribution in [0.1, 0.15) is 24.2 Å². The molecule has 0 aliphatic rings. The number of rotatable bonds is 5. The number of aliphatic hydroxyl groups excluding tert-OH is 1. The maximum absolute atomic E-state index is 10.4. The fourth-order valence-electron chi connectivity index (χ4n) is 2.25. The molecule has 1 unspecified atom stereocenters. The molecule has 0 spiro atoms. The number of benzene rings is 2. The van der Waals surface area contributed by atoms with E-state index < -0.39 is 6.10 Å². The van der Waals surface area contributed by atoms with Gasteiger partial charge in [0, 0.05) is 23.8 Å². The second-order valence-corrected chi connectivity index (χ2v) is 5.31. The molecule has 0 radical (unpaired) electrons. The molecule has 2 nitrogen and oxygen atoms in total. The summed E-state index contributed by atoms with van der Waals surface area (Å²) in [7, 11) is 0. The topological polar surface area (TPSA) is 23.5 Å².